The number of ketones is 1. The van der Waals surface area contributed by atoms with Gasteiger partial charge in [-0.05, 0) is 86.5 Å². The van der Waals surface area contributed by atoms with E-state index in [1.807, 2.05) is 13.0 Å². The van der Waals surface area contributed by atoms with Crippen molar-refractivity contribution in [3.05, 3.63) is 11.6 Å². The summed E-state index contributed by atoms with van der Waals surface area (Å²) in [5.74, 6) is 2.62. The van der Waals surface area contributed by atoms with Crippen molar-refractivity contribution in [2.75, 3.05) is 6.79 Å². The Morgan fingerprint density at radius 3 is 2.67 bits per heavy atom. The van der Waals surface area contributed by atoms with E-state index in [0.717, 1.165) is 31.4 Å². The molecule has 0 unspecified atom stereocenters. The van der Waals surface area contributed by atoms with Gasteiger partial charge in [-0.25, -0.2) is 9.09 Å². The molecule has 0 aromatic carbocycles. The average molecular weight is 439 g/mol. The fourth-order valence-corrected chi connectivity index (χ4v) is 7.71. The van der Waals surface area contributed by atoms with Gasteiger partial charge in [0, 0.05) is 12.3 Å². The van der Waals surface area contributed by atoms with Crippen molar-refractivity contribution < 1.29 is 28.5 Å². The number of hydrogen-bond acceptors (Lipinski definition) is 5. The van der Waals surface area contributed by atoms with Crippen LogP contribution >= 0.6 is 7.82 Å². The van der Waals surface area contributed by atoms with E-state index in [1.165, 1.54) is 24.8 Å². The number of fused-ring (bicyclic) bond motifs is 5. The number of oxime groups is 1. The van der Waals surface area contributed by atoms with E-state index in [1.54, 1.807) is 0 Å². The molecule has 0 radical (unpaired) electrons. The van der Waals surface area contributed by atoms with Crippen molar-refractivity contribution in [3.63, 3.8) is 0 Å². The Morgan fingerprint density at radius 1 is 1.17 bits per heavy atom. The molecule has 0 heterocycles. The molecule has 168 valence electrons. The maximum absolute atomic E-state index is 12.0. The molecule has 0 amide bonds. The molecular weight excluding hydrogens is 405 g/mol. The summed E-state index contributed by atoms with van der Waals surface area (Å²) in [6.07, 6.45) is 10.5. The monoisotopic (exact) mass is 439 g/mol. The van der Waals surface area contributed by atoms with Crippen molar-refractivity contribution >= 4 is 19.3 Å². The number of carbonyl (C=O) groups excluding carboxylic acids is 1. The Kier molecular flexibility index (Phi) is 5.80. The van der Waals surface area contributed by atoms with Crippen LogP contribution in [0.2, 0.25) is 0 Å². The average Bonchev–Trinajstić information content (AvgIpc) is 3.02. The van der Waals surface area contributed by atoms with Gasteiger partial charge >= 0.3 is 7.82 Å². The third-order valence-electron chi connectivity index (χ3n) is 8.95. The van der Waals surface area contributed by atoms with Crippen molar-refractivity contribution in [2.45, 2.75) is 72.1 Å². The molecular formula is C22H34NO6P. The van der Waals surface area contributed by atoms with E-state index in [-0.39, 0.29) is 10.8 Å². The van der Waals surface area contributed by atoms with E-state index < -0.39 is 14.6 Å². The predicted molar refractivity (Wildman–Crippen MR) is 112 cm³/mol. The molecule has 0 aromatic heterocycles. The summed E-state index contributed by atoms with van der Waals surface area (Å²) in [5, 5.41) is 4.14. The summed E-state index contributed by atoms with van der Waals surface area (Å²) in [7, 11) is -4.55. The second-order valence-corrected chi connectivity index (χ2v) is 11.5. The molecule has 8 heteroatoms. The highest BCUT2D eigenvalue weighted by atomic mass is 31.2. The van der Waals surface area contributed by atoms with Crippen LogP contribution in [0, 0.1) is 34.5 Å². The van der Waals surface area contributed by atoms with Gasteiger partial charge in [0.1, 0.15) is 0 Å². The van der Waals surface area contributed by atoms with Crippen molar-refractivity contribution in [2.24, 2.45) is 39.7 Å². The molecule has 0 bridgehead atoms. The van der Waals surface area contributed by atoms with Gasteiger partial charge in [-0.15, -0.1) is 0 Å². The second-order valence-electron chi connectivity index (χ2n) is 10.2. The molecule has 3 saturated carbocycles. The minimum absolute atomic E-state index is 0.171. The third kappa shape index (κ3) is 3.83. The van der Waals surface area contributed by atoms with Crippen LogP contribution in [-0.2, 0) is 18.7 Å². The van der Waals surface area contributed by atoms with Gasteiger partial charge in [-0.3, -0.25) is 4.79 Å². The highest BCUT2D eigenvalue weighted by Crippen LogP contribution is 2.66. The molecule has 4 aliphatic rings. The third-order valence-corrected chi connectivity index (χ3v) is 9.39. The lowest BCUT2D eigenvalue weighted by atomic mass is 9.46. The van der Waals surface area contributed by atoms with Gasteiger partial charge in [0.15, 0.2) is 5.78 Å². The largest absolute Gasteiger partial charge is 0.472 e. The van der Waals surface area contributed by atoms with Crippen molar-refractivity contribution in [1.29, 1.82) is 0 Å². The molecule has 0 saturated heterocycles. The topological polar surface area (TPSA) is 105 Å². The van der Waals surface area contributed by atoms with Gasteiger partial charge in [-0.2, -0.15) is 0 Å². The smallest absolute Gasteiger partial charge is 0.367 e. The Hall–Kier alpha value is -1.01. The number of allylic oxidation sites excluding steroid dienone is 1. The first-order valence-electron chi connectivity index (χ1n) is 11.1. The van der Waals surface area contributed by atoms with Crippen LogP contribution in [0.4, 0.5) is 0 Å². The zero-order valence-electron chi connectivity index (χ0n) is 18.2. The zero-order valence-corrected chi connectivity index (χ0v) is 19.1. The number of rotatable bonds is 5. The first-order chi connectivity index (χ1) is 14.0. The zero-order chi connectivity index (χ0) is 21.7. The SMILES string of the molecule is C/C(=N/OCOP(=O)(O)O)[C@H]1CC[C@H]2[C@@H]3CCC4=CC(=O)CC[C@]4(C)[C@H]3CC[C@]12C. The van der Waals surface area contributed by atoms with Crippen LogP contribution < -0.4 is 0 Å². The summed E-state index contributed by atoms with van der Waals surface area (Å²) in [6, 6.07) is 0. The van der Waals surface area contributed by atoms with Gasteiger partial charge in [0.25, 0.3) is 0 Å². The van der Waals surface area contributed by atoms with E-state index in [4.69, 9.17) is 14.6 Å². The van der Waals surface area contributed by atoms with E-state index in [0.29, 0.717) is 35.9 Å². The number of phosphoric acid groups is 1. The van der Waals surface area contributed by atoms with Crippen LogP contribution in [-0.4, -0.2) is 28.1 Å². The number of nitrogens with zero attached hydrogens (tertiary/aromatic N) is 1. The first kappa shape index (κ1) is 22.2. The van der Waals surface area contributed by atoms with E-state index in [2.05, 4.69) is 23.5 Å². The first-order valence-corrected chi connectivity index (χ1v) is 12.7. The van der Waals surface area contributed by atoms with E-state index >= 15 is 0 Å². The van der Waals surface area contributed by atoms with Gasteiger partial charge in [0.05, 0.1) is 5.71 Å². The van der Waals surface area contributed by atoms with Crippen molar-refractivity contribution in [1.82, 2.24) is 0 Å². The second kappa shape index (κ2) is 7.84. The normalized spacial score (nSPS) is 41.6. The maximum Gasteiger partial charge on any atom is 0.472 e. The quantitative estimate of drug-likeness (QED) is 0.213. The molecule has 6 atom stereocenters. The highest BCUT2D eigenvalue weighted by molar-refractivity contribution is 7.46. The summed E-state index contributed by atoms with van der Waals surface area (Å²) >= 11 is 0. The maximum atomic E-state index is 12.0. The molecule has 4 rings (SSSR count). The van der Waals surface area contributed by atoms with Crippen molar-refractivity contribution in [3.8, 4) is 0 Å². The summed E-state index contributed by atoms with van der Waals surface area (Å²) in [6.45, 7) is 6.20. The van der Waals surface area contributed by atoms with Crippen LogP contribution in [0.3, 0.4) is 0 Å². The summed E-state index contributed by atoms with van der Waals surface area (Å²) in [4.78, 5) is 34.5. The fraction of sp³-hybridized carbons (Fsp3) is 0.818. The lowest BCUT2D eigenvalue weighted by Gasteiger charge is -2.58. The highest BCUT2D eigenvalue weighted by Gasteiger charge is 2.59. The molecule has 4 aliphatic carbocycles. The van der Waals surface area contributed by atoms with Crippen LogP contribution in [0.1, 0.15) is 72.1 Å². The summed E-state index contributed by atoms with van der Waals surface area (Å²) in [5.41, 5.74) is 2.64. The van der Waals surface area contributed by atoms with Gasteiger partial charge in [-0.1, -0.05) is 24.6 Å². The molecule has 30 heavy (non-hydrogen) atoms. The lowest BCUT2D eigenvalue weighted by Crippen LogP contribution is -2.51. The number of phosphoric ester groups is 1. The van der Waals surface area contributed by atoms with Gasteiger partial charge < -0.3 is 14.6 Å². The number of hydrogen-bond donors (Lipinski definition) is 2. The molecule has 0 spiro atoms. The molecule has 0 aromatic rings. The Balaban J connectivity index is 1.48. The summed E-state index contributed by atoms with van der Waals surface area (Å²) < 4.78 is 15.1. The molecule has 2 N–H and O–H groups in total. The Bertz CT molecular complexity index is 818. The molecule has 3 fully saturated rings. The van der Waals surface area contributed by atoms with Gasteiger partial charge in [0.2, 0.25) is 6.79 Å². The van der Waals surface area contributed by atoms with Crippen LogP contribution in [0.25, 0.3) is 0 Å². The fourth-order valence-electron chi connectivity index (χ4n) is 7.53. The Labute approximate surface area is 178 Å². The van der Waals surface area contributed by atoms with Crippen LogP contribution in [0.15, 0.2) is 16.8 Å². The minimum atomic E-state index is -4.55. The standard InChI is InChI=1S/C22H34NO6P/c1-14(23-28-13-29-30(25,26)27)18-6-7-19-17-5-4-15-12-16(24)8-10-21(15,2)20(17)9-11-22(18,19)3/h12,17-20H,4-11,13H2,1-3H3,(H2,25,26,27)/b23-14-/t17-,18+,19-,20-,21-,22+/m0/s1. The Morgan fingerprint density at radius 2 is 1.93 bits per heavy atom. The lowest BCUT2D eigenvalue weighted by molar-refractivity contribution is -0.117. The predicted octanol–water partition coefficient (Wildman–Crippen LogP) is 4.59. The molecule has 0 aliphatic heterocycles. The van der Waals surface area contributed by atoms with Crippen LogP contribution in [0.5, 0.6) is 0 Å². The minimum Gasteiger partial charge on any atom is -0.367 e. The molecule has 7 nitrogen and oxygen atoms in total. The van der Waals surface area contributed by atoms with E-state index in [9.17, 15) is 9.36 Å². The number of carbonyl (C=O) groups is 1.